The SMILES string of the molecule is O[C@@H]1COCc2c(Br)cncc21. The van der Waals surface area contributed by atoms with Gasteiger partial charge in [-0.3, -0.25) is 4.98 Å². The Hall–Kier alpha value is -0.450. The smallest absolute Gasteiger partial charge is 0.104 e. The van der Waals surface area contributed by atoms with E-state index in [9.17, 15) is 5.11 Å². The van der Waals surface area contributed by atoms with Gasteiger partial charge in [0.15, 0.2) is 0 Å². The van der Waals surface area contributed by atoms with Crippen LogP contribution in [0.15, 0.2) is 16.9 Å². The molecule has 1 aliphatic rings. The molecule has 1 aromatic heterocycles. The molecule has 4 heteroatoms. The Morgan fingerprint density at radius 3 is 3.17 bits per heavy atom. The molecular formula is C8H8BrNO2. The molecule has 0 amide bonds. The minimum absolute atomic E-state index is 0.366. The van der Waals surface area contributed by atoms with Crippen LogP contribution in [-0.2, 0) is 11.3 Å². The maximum atomic E-state index is 9.50. The summed E-state index contributed by atoms with van der Waals surface area (Å²) in [6, 6.07) is 0. The van der Waals surface area contributed by atoms with E-state index < -0.39 is 6.10 Å². The highest BCUT2D eigenvalue weighted by atomic mass is 79.9. The summed E-state index contributed by atoms with van der Waals surface area (Å²) in [6.07, 6.45) is 2.87. The van der Waals surface area contributed by atoms with Crippen LogP contribution >= 0.6 is 15.9 Å². The average molecular weight is 230 g/mol. The summed E-state index contributed by atoms with van der Waals surface area (Å²) in [5.41, 5.74) is 1.87. The number of hydrogen-bond acceptors (Lipinski definition) is 3. The van der Waals surface area contributed by atoms with Crippen molar-refractivity contribution in [3.8, 4) is 0 Å². The zero-order chi connectivity index (χ0) is 8.55. The topological polar surface area (TPSA) is 42.4 Å². The molecule has 0 saturated carbocycles. The Morgan fingerprint density at radius 2 is 2.42 bits per heavy atom. The van der Waals surface area contributed by atoms with Crippen molar-refractivity contribution in [2.24, 2.45) is 0 Å². The summed E-state index contributed by atoms with van der Waals surface area (Å²) in [6.45, 7) is 0.917. The van der Waals surface area contributed by atoms with Crippen LogP contribution in [0, 0.1) is 0 Å². The second kappa shape index (κ2) is 3.12. The number of aromatic nitrogens is 1. The van der Waals surface area contributed by atoms with E-state index in [1.807, 2.05) is 0 Å². The van der Waals surface area contributed by atoms with Crippen molar-refractivity contribution in [2.45, 2.75) is 12.7 Å². The Kier molecular flexibility index (Phi) is 2.12. The van der Waals surface area contributed by atoms with Gasteiger partial charge in [-0.15, -0.1) is 0 Å². The van der Waals surface area contributed by atoms with Crippen LogP contribution in [0.5, 0.6) is 0 Å². The van der Waals surface area contributed by atoms with Gasteiger partial charge in [-0.25, -0.2) is 0 Å². The third-order valence-electron chi connectivity index (χ3n) is 1.92. The molecule has 2 heterocycles. The fourth-order valence-corrected chi connectivity index (χ4v) is 1.74. The van der Waals surface area contributed by atoms with Gasteiger partial charge in [0.2, 0.25) is 0 Å². The lowest BCUT2D eigenvalue weighted by Crippen LogP contribution is -2.16. The van der Waals surface area contributed by atoms with E-state index in [0.717, 1.165) is 15.6 Å². The highest BCUT2D eigenvalue weighted by Crippen LogP contribution is 2.28. The fraction of sp³-hybridized carbons (Fsp3) is 0.375. The van der Waals surface area contributed by atoms with E-state index in [0.29, 0.717) is 13.2 Å². The lowest BCUT2D eigenvalue weighted by Gasteiger charge is -2.21. The predicted molar refractivity (Wildman–Crippen MR) is 46.6 cm³/mol. The number of rotatable bonds is 0. The average Bonchev–Trinajstić information content (AvgIpc) is 2.07. The summed E-state index contributed by atoms with van der Waals surface area (Å²) in [5, 5.41) is 9.50. The molecule has 1 N–H and O–H groups in total. The van der Waals surface area contributed by atoms with Gasteiger partial charge in [-0.1, -0.05) is 0 Å². The molecule has 0 fully saturated rings. The first-order valence-electron chi connectivity index (χ1n) is 3.67. The third kappa shape index (κ3) is 1.26. The second-order valence-corrected chi connectivity index (χ2v) is 3.57. The first-order chi connectivity index (χ1) is 5.79. The van der Waals surface area contributed by atoms with Crippen molar-refractivity contribution in [1.82, 2.24) is 4.98 Å². The van der Waals surface area contributed by atoms with Gasteiger partial charge in [0.05, 0.1) is 13.2 Å². The van der Waals surface area contributed by atoms with Crippen LogP contribution in [0.4, 0.5) is 0 Å². The first kappa shape index (κ1) is 8.16. The molecule has 0 spiro atoms. The van der Waals surface area contributed by atoms with Crippen molar-refractivity contribution in [3.63, 3.8) is 0 Å². The molecule has 0 aromatic carbocycles. The van der Waals surface area contributed by atoms with Gasteiger partial charge in [-0.2, -0.15) is 0 Å². The Balaban J connectivity index is 2.52. The molecular weight excluding hydrogens is 222 g/mol. The van der Waals surface area contributed by atoms with Crippen LogP contribution in [0.2, 0.25) is 0 Å². The molecule has 12 heavy (non-hydrogen) atoms. The second-order valence-electron chi connectivity index (χ2n) is 2.72. The zero-order valence-corrected chi connectivity index (χ0v) is 7.91. The molecule has 64 valence electrons. The largest absolute Gasteiger partial charge is 0.386 e. The first-order valence-corrected chi connectivity index (χ1v) is 4.46. The molecule has 0 radical (unpaired) electrons. The minimum Gasteiger partial charge on any atom is -0.386 e. The van der Waals surface area contributed by atoms with Gasteiger partial charge in [0.1, 0.15) is 6.10 Å². The molecule has 1 atom stereocenters. The van der Waals surface area contributed by atoms with Crippen molar-refractivity contribution >= 4 is 15.9 Å². The maximum absolute atomic E-state index is 9.50. The van der Waals surface area contributed by atoms with Crippen molar-refractivity contribution in [2.75, 3.05) is 6.61 Å². The molecule has 2 rings (SSSR count). The number of pyridine rings is 1. The predicted octanol–water partition coefficient (Wildman–Crippen LogP) is 1.41. The van der Waals surface area contributed by atoms with E-state index in [1.165, 1.54) is 0 Å². The van der Waals surface area contributed by atoms with Crippen molar-refractivity contribution in [1.29, 1.82) is 0 Å². The third-order valence-corrected chi connectivity index (χ3v) is 2.60. The number of aliphatic hydroxyl groups is 1. The van der Waals surface area contributed by atoms with Gasteiger partial charge in [0.25, 0.3) is 0 Å². The number of fused-ring (bicyclic) bond motifs is 1. The molecule has 3 nitrogen and oxygen atoms in total. The highest BCUT2D eigenvalue weighted by Gasteiger charge is 2.20. The summed E-state index contributed by atoms with van der Waals surface area (Å²) in [5.74, 6) is 0. The maximum Gasteiger partial charge on any atom is 0.104 e. The van der Waals surface area contributed by atoms with Crippen LogP contribution in [-0.4, -0.2) is 16.7 Å². The van der Waals surface area contributed by atoms with E-state index in [1.54, 1.807) is 12.4 Å². The van der Waals surface area contributed by atoms with Crippen LogP contribution in [0.25, 0.3) is 0 Å². The Labute approximate surface area is 78.5 Å². The van der Waals surface area contributed by atoms with Crippen molar-refractivity contribution in [3.05, 3.63) is 28.0 Å². The monoisotopic (exact) mass is 229 g/mol. The van der Waals surface area contributed by atoms with Gasteiger partial charge in [0, 0.05) is 28.0 Å². The van der Waals surface area contributed by atoms with Crippen LogP contribution < -0.4 is 0 Å². The molecule has 1 aliphatic heterocycles. The molecule has 0 aliphatic carbocycles. The quantitative estimate of drug-likeness (QED) is 0.732. The van der Waals surface area contributed by atoms with Gasteiger partial charge >= 0.3 is 0 Å². The number of halogens is 1. The van der Waals surface area contributed by atoms with Crippen molar-refractivity contribution < 1.29 is 9.84 Å². The number of aliphatic hydroxyl groups excluding tert-OH is 1. The lowest BCUT2D eigenvalue weighted by atomic mass is 10.0. The molecule has 0 unspecified atom stereocenters. The van der Waals surface area contributed by atoms with E-state index in [-0.39, 0.29) is 0 Å². The number of nitrogens with zero attached hydrogens (tertiary/aromatic N) is 1. The zero-order valence-electron chi connectivity index (χ0n) is 6.33. The summed E-state index contributed by atoms with van der Waals surface area (Å²) < 4.78 is 6.08. The van der Waals surface area contributed by atoms with E-state index in [4.69, 9.17) is 4.74 Å². The molecule has 0 bridgehead atoms. The Bertz CT molecular complexity index is 303. The van der Waals surface area contributed by atoms with E-state index >= 15 is 0 Å². The number of hydrogen-bond donors (Lipinski definition) is 1. The summed E-state index contributed by atoms with van der Waals surface area (Å²) in [7, 11) is 0. The highest BCUT2D eigenvalue weighted by molar-refractivity contribution is 9.10. The Morgan fingerprint density at radius 1 is 1.58 bits per heavy atom. The molecule has 1 aromatic rings. The normalized spacial score (nSPS) is 22.0. The van der Waals surface area contributed by atoms with Crippen LogP contribution in [0.3, 0.4) is 0 Å². The summed E-state index contributed by atoms with van der Waals surface area (Å²) >= 11 is 3.36. The van der Waals surface area contributed by atoms with Gasteiger partial charge < -0.3 is 9.84 Å². The fourth-order valence-electron chi connectivity index (χ4n) is 1.28. The number of ether oxygens (including phenoxy) is 1. The van der Waals surface area contributed by atoms with Crippen LogP contribution in [0.1, 0.15) is 17.2 Å². The summed E-state index contributed by atoms with van der Waals surface area (Å²) in [4.78, 5) is 3.99. The standard InChI is InChI=1S/C8H8BrNO2/c9-7-2-10-1-5-6(7)3-12-4-8(5)11/h1-2,8,11H,3-4H2/t8-/m1/s1. The minimum atomic E-state index is -0.529. The lowest BCUT2D eigenvalue weighted by molar-refractivity contribution is 0.00915. The molecule has 0 saturated heterocycles. The van der Waals surface area contributed by atoms with E-state index in [2.05, 4.69) is 20.9 Å². The van der Waals surface area contributed by atoms with Gasteiger partial charge in [-0.05, 0) is 15.9 Å².